The van der Waals surface area contributed by atoms with Crippen molar-refractivity contribution in [2.75, 3.05) is 0 Å². The zero-order chi connectivity index (χ0) is 16.1. The Hall–Kier alpha value is -1.98. The highest BCUT2D eigenvalue weighted by Crippen LogP contribution is 2.33. The molecular formula is C16H20O6. The minimum Gasteiger partial charge on any atom is -0.393 e. The van der Waals surface area contributed by atoms with Crippen molar-refractivity contribution in [1.29, 1.82) is 0 Å². The molecule has 2 saturated heterocycles. The Morgan fingerprint density at radius 2 is 1.77 bits per heavy atom. The molecule has 0 bridgehead atoms. The first-order chi connectivity index (χ1) is 10.5. The predicted octanol–water partition coefficient (Wildman–Crippen LogP) is 1.92. The highest BCUT2D eigenvalue weighted by molar-refractivity contribution is 5.96. The standard InChI is InChI=1S/C16H20O6/c1-2-3-4-5-6-10(12-9-14(18)22-16(12)20)7-11-8-13(17)21-15(11)19/h5-6,10-12H,2-4,7-9H2,1H3. The normalized spacial score (nSPS) is 26.6. The third-order valence-corrected chi connectivity index (χ3v) is 4.05. The van der Waals surface area contributed by atoms with Crippen LogP contribution in [0.4, 0.5) is 0 Å². The minimum absolute atomic E-state index is 0.0251. The molecule has 3 atom stereocenters. The van der Waals surface area contributed by atoms with E-state index in [4.69, 9.17) is 0 Å². The summed E-state index contributed by atoms with van der Waals surface area (Å²) in [6.07, 6.45) is 7.18. The van der Waals surface area contributed by atoms with E-state index in [1.807, 2.05) is 12.2 Å². The van der Waals surface area contributed by atoms with Crippen LogP contribution in [0.3, 0.4) is 0 Å². The maximum Gasteiger partial charge on any atom is 0.317 e. The van der Waals surface area contributed by atoms with Gasteiger partial charge in [0.15, 0.2) is 0 Å². The second-order valence-electron chi connectivity index (χ2n) is 5.77. The third kappa shape index (κ3) is 4.02. The summed E-state index contributed by atoms with van der Waals surface area (Å²) in [6, 6.07) is 0. The van der Waals surface area contributed by atoms with E-state index in [9.17, 15) is 19.2 Å². The van der Waals surface area contributed by atoms with Crippen LogP contribution >= 0.6 is 0 Å². The zero-order valence-electron chi connectivity index (χ0n) is 12.6. The molecule has 22 heavy (non-hydrogen) atoms. The number of allylic oxidation sites excluding steroid dienone is 2. The fourth-order valence-corrected chi connectivity index (χ4v) is 2.82. The van der Waals surface area contributed by atoms with E-state index in [0.717, 1.165) is 19.3 Å². The Balaban J connectivity index is 2.05. The van der Waals surface area contributed by atoms with Crippen molar-refractivity contribution in [2.45, 2.75) is 45.4 Å². The van der Waals surface area contributed by atoms with Crippen LogP contribution in [-0.4, -0.2) is 23.9 Å². The molecule has 0 aromatic carbocycles. The molecule has 0 aromatic heterocycles. The predicted molar refractivity (Wildman–Crippen MR) is 75.2 cm³/mol. The number of carbonyl (C=O) groups excluding carboxylic acids is 4. The van der Waals surface area contributed by atoms with E-state index < -0.39 is 35.7 Å². The van der Waals surface area contributed by atoms with E-state index in [1.165, 1.54) is 0 Å². The minimum atomic E-state index is -0.575. The molecule has 3 unspecified atom stereocenters. The largest absolute Gasteiger partial charge is 0.393 e. The Labute approximate surface area is 128 Å². The molecule has 0 aliphatic carbocycles. The molecule has 2 aliphatic heterocycles. The zero-order valence-corrected chi connectivity index (χ0v) is 12.6. The molecular weight excluding hydrogens is 288 g/mol. The monoisotopic (exact) mass is 308 g/mol. The lowest BCUT2D eigenvalue weighted by Gasteiger charge is -2.18. The first-order valence-corrected chi connectivity index (χ1v) is 7.67. The van der Waals surface area contributed by atoms with E-state index in [1.54, 1.807) is 0 Å². The van der Waals surface area contributed by atoms with Gasteiger partial charge in [-0.05, 0) is 18.8 Å². The summed E-state index contributed by atoms with van der Waals surface area (Å²) in [5.74, 6) is -3.58. The SMILES string of the molecule is CCCCC=CC(CC1CC(=O)OC1=O)C1CC(=O)OC1=O. The summed E-state index contributed by atoms with van der Waals surface area (Å²) in [5, 5.41) is 0. The summed E-state index contributed by atoms with van der Waals surface area (Å²) in [7, 11) is 0. The Morgan fingerprint density at radius 3 is 2.32 bits per heavy atom. The van der Waals surface area contributed by atoms with Crippen molar-refractivity contribution in [1.82, 2.24) is 0 Å². The van der Waals surface area contributed by atoms with E-state index in [2.05, 4.69) is 16.4 Å². The van der Waals surface area contributed by atoms with Gasteiger partial charge in [0, 0.05) is 0 Å². The number of hydrogen-bond acceptors (Lipinski definition) is 6. The first kappa shape index (κ1) is 16.4. The second-order valence-corrected chi connectivity index (χ2v) is 5.77. The van der Waals surface area contributed by atoms with Crippen LogP contribution in [0.5, 0.6) is 0 Å². The molecule has 0 radical (unpaired) electrons. The van der Waals surface area contributed by atoms with Gasteiger partial charge in [0.05, 0.1) is 24.7 Å². The van der Waals surface area contributed by atoms with Crippen molar-refractivity contribution >= 4 is 23.9 Å². The van der Waals surface area contributed by atoms with Gasteiger partial charge in [-0.15, -0.1) is 0 Å². The van der Waals surface area contributed by atoms with Crippen LogP contribution in [0.15, 0.2) is 12.2 Å². The number of carbonyl (C=O) groups is 4. The Kier molecular flexibility index (Phi) is 5.46. The lowest BCUT2D eigenvalue weighted by atomic mass is 9.82. The molecule has 2 aliphatic rings. The molecule has 2 fully saturated rings. The van der Waals surface area contributed by atoms with Crippen LogP contribution in [0.1, 0.15) is 45.4 Å². The smallest absolute Gasteiger partial charge is 0.317 e. The summed E-state index contributed by atoms with van der Waals surface area (Å²) in [6.45, 7) is 2.08. The highest BCUT2D eigenvalue weighted by atomic mass is 16.6. The molecule has 0 saturated carbocycles. The van der Waals surface area contributed by atoms with Gasteiger partial charge in [-0.1, -0.05) is 31.9 Å². The van der Waals surface area contributed by atoms with Crippen molar-refractivity contribution in [2.24, 2.45) is 17.8 Å². The van der Waals surface area contributed by atoms with E-state index in [0.29, 0.717) is 6.42 Å². The summed E-state index contributed by atoms with van der Waals surface area (Å²) < 4.78 is 9.14. The van der Waals surface area contributed by atoms with Gasteiger partial charge in [0.2, 0.25) is 0 Å². The molecule has 120 valence electrons. The van der Waals surface area contributed by atoms with Gasteiger partial charge in [0.25, 0.3) is 0 Å². The molecule has 0 spiro atoms. The van der Waals surface area contributed by atoms with Crippen molar-refractivity contribution < 1.29 is 28.7 Å². The van der Waals surface area contributed by atoms with Gasteiger partial charge in [-0.25, -0.2) is 0 Å². The molecule has 6 nitrogen and oxygen atoms in total. The first-order valence-electron chi connectivity index (χ1n) is 7.67. The number of esters is 4. The van der Waals surface area contributed by atoms with Crippen LogP contribution in [0.25, 0.3) is 0 Å². The van der Waals surface area contributed by atoms with E-state index in [-0.39, 0.29) is 18.8 Å². The third-order valence-electron chi connectivity index (χ3n) is 4.05. The van der Waals surface area contributed by atoms with Crippen LogP contribution in [0.2, 0.25) is 0 Å². The Bertz CT molecular complexity index is 507. The highest BCUT2D eigenvalue weighted by Gasteiger charge is 2.42. The van der Waals surface area contributed by atoms with E-state index >= 15 is 0 Å². The number of ether oxygens (including phenoxy) is 2. The number of rotatable bonds is 7. The lowest BCUT2D eigenvalue weighted by Crippen LogP contribution is -2.22. The van der Waals surface area contributed by atoms with Gasteiger partial charge in [-0.2, -0.15) is 0 Å². The number of cyclic esters (lactones) is 4. The van der Waals surface area contributed by atoms with Crippen LogP contribution in [-0.2, 0) is 28.7 Å². The molecule has 0 N–H and O–H groups in total. The molecule has 2 heterocycles. The summed E-state index contributed by atoms with van der Waals surface area (Å²) in [4.78, 5) is 45.8. The summed E-state index contributed by atoms with van der Waals surface area (Å²) in [5.41, 5.74) is 0. The molecule has 0 aromatic rings. The van der Waals surface area contributed by atoms with Gasteiger partial charge in [-0.3, -0.25) is 19.2 Å². The lowest BCUT2D eigenvalue weighted by molar-refractivity contribution is -0.155. The average Bonchev–Trinajstić information content (AvgIpc) is 2.95. The van der Waals surface area contributed by atoms with Gasteiger partial charge < -0.3 is 9.47 Å². The number of hydrogen-bond donors (Lipinski definition) is 0. The van der Waals surface area contributed by atoms with Gasteiger partial charge >= 0.3 is 23.9 Å². The molecule has 0 amide bonds. The topological polar surface area (TPSA) is 86.7 Å². The second kappa shape index (κ2) is 7.33. The van der Waals surface area contributed by atoms with Crippen LogP contribution < -0.4 is 0 Å². The fourth-order valence-electron chi connectivity index (χ4n) is 2.82. The fraction of sp³-hybridized carbons (Fsp3) is 0.625. The van der Waals surface area contributed by atoms with Gasteiger partial charge in [0.1, 0.15) is 0 Å². The maximum atomic E-state index is 11.8. The molecule has 6 heteroatoms. The van der Waals surface area contributed by atoms with Crippen molar-refractivity contribution in [3.05, 3.63) is 12.2 Å². The molecule has 2 rings (SSSR count). The van der Waals surface area contributed by atoms with Crippen LogP contribution in [0, 0.1) is 17.8 Å². The number of unbranched alkanes of at least 4 members (excludes halogenated alkanes) is 2. The maximum absolute atomic E-state index is 11.8. The quantitative estimate of drug-likeness (QED) is 0.309. The van der Waals surface area contributed by atoms with Crippen molar-refractivity contribution in [3.63, 3.8) is 0 Å². The Morgan fingerprint density at radius 1 is 1.09 bits per heavy atom. The van der Waals surface area contributed by atoms with Crippen molar-refractivity contribution in [3.8, 4) is 0 Å². The average molecular weight is 308 g/mol. The summed E-state index contributed by atoms with van der Waals surface area (Å²) >= 11 is 0.